The average molecular weight is 571 g/mol. The van der Waals surface area contributed by atoms with E-state index < -0.39 is 17.7 Å². The van der Waals surface area contributed by atoms with Gasteiger partial charge in [-0.2, -0.15) is 13.2 Å². The number of halogens is 3. The molecule has 0 saturated heterocycles. The first-order chi connectivity index (χ1) is 20.3. The van der Waals surface area contributed by atoms with E-state index >= 15 is 0 Å². The molecule has 0 radical (unpaired) electrons. The van der Waals surface area contributed by atoms with Gasteiger partial charge in [0.1, 0.15) is 11.4 Å². The van der Waals surface area contributed by atoms with Crippen molar-refractivity contribution in [2.75, 3.05) is 0 Å². The minimum atomic E-state index is -4.42. The third-order valence-electron chi connectivity index (χ3n) is 7.93. The summed E-state index contributed by atoms with van der Waals surface area (Å²) in [5.41, 5.74) is 3.84. The van der Waals surface area contributed by atoms with Crippen molar-refractivity contribution in [2.45, 2.75) is 50.8 Å². The second-order valence-electron chi connectivity index (χ2n) is 10.6. The maximum Gasteiger partial charge on any atom is 0.416 e. The Hall–Kier alpha value is -4.59. The van der Waals surface area contributed by atoms with Crippen molar-refractivity contribution in [3.8, 4) is 22.6 Å². The molecule has 1 saturated carbocycles. The largest absolute Gasteiger partial charge is 0.490 e. The molecule has 1 N–H and O–H groups in total. The smallest absolute Gasteiger partial charge is 0.416 e. The number of nitrogens with zero attached hydrogens (tertiary/aromatic N) is 2. The van der Waals surface area contributed by atoms with E-state index in [0.29, 0.717) is 40.7 Å². The van der Waals surface area contributed by atoms with Gasteiger partial charge in [-0.1, -0.05) is 18.2 Å². The van der Waals surface area contributed by atoms with Gasteiger partial charge in [0.2, 0.25) is 0 Å². The van der Waals surface area contributed by atoms with Crippen LogP contribution < -0.4 is 4.74 Å². The standard InChI is InChI=1S/C34H29F3N2O3/c35-34(36,37)25-9-6-23(7-10-25)24-8-16-31-30(21-24)29(15-5-22-17-19-38-20-18-22)32(33(40)41)39(31)26-11-13-28(14-12-26)42-27-3-1-2-4-27/h6-14,16-21,27H,1-5,15H2,(H,40,41). The first-order valence-electron chi connectivity index (χ1n) is 14.0. The minimum Gasteiger partial charge on any atom is -0.490 e. The van der Waals surface area contributed by atoms with Crippen molar-refractivity contribution in [1.82, 2.24) is 9.55 Å². The fourth-order valence-corrected chi connectivity index (χ4v) is 5.82. The summed E-state index contributed by atoms with van der Waals surface area (Å²) >= 11 is 0. The summed E-state index contributed by atoms with van der Waals surface area (Å²) < 4.78 is 47.3. The monoisotopic (exact) mass is 570 g/mol. The molecule has 1 fully saturated rings. The predicted molar refractivity (Wildman–Crippen MR) is 155 cm³/mol. The summed E-state index contributed by atoms with van der Waals surface area (Å²) in [7, 11) is 0. The maximum atomic E-state index is 13.1. The number of alkyl halides is 3. The Labute approximate surface area is 241 Å². The number of aryl methyl sites for hydroxylation is 2. The Bertz CT molecular complexity index is 1700. The first kappa shape index (κ1) is 27.6. The van der Waals surface area contributed by atoms with Crippen molar-refractivity contribution in [3.63, 3.8) is 0 Å². The fourth-order valence-electron chi connectivity index (χ4n) is 5.82. The lowest BCUT2D eigenvalue weighted by Crippen LogP contribution is -2.11. The van der Waals surface area contributed by atoms with Crippen LogP contribution in [0, 0.1) is 0 Å². The number of carboxylic acids is 1. The zero-order chi connectivity index (χ0) is 29.3. The van der Waals surface area contributed by atoms with E-state index in [-0.39, 0.29) is 11.8 Å². The minimum absolute atomic E-state index is 0.160. The van der Waals surface area contributed by atoms with Crippen molar-refractivity contribution < 1.29 is 27.8 Å². The SMILES string of the molecule is O=C(O)c1c(CCc2ccncc2)c2cc(-c3ccc(C(F)(F)F)cc3)ccc2n1-c1ccc(OC2CCCC2)cc1. The second kappa shape index (κ2) is 11.4. The highest BCUT2D eigenvalue weighted by atomic mass is 19.4. The molecule has 214 valence electrons. The Morgan fingerprint density at radius 3 is 2.19 bits per heavy atom. The van der Waals surface area contributed by atoms with Crippen molar-refractivity contribution in [1.29, 1.82) is 0 Å². The molecule has 8 heteroatoms. The molecule has 1 aliphatic carbocycles. The Morgan fingerprint density at radius 1 is 0.881 bits per heavy atom. The molecule has 2 aromatic heterocycles. The second-order valence-corrected chi connectivity index (χ2v) is 10.6. The number of benzene rings is 3. The Kier molecular flexibility index (Phi) is 7.45. The number of fused-ring (bicyclic) bond motifs is 1. The number of hydrogen-bond donors (Lipinski definition) is 1. The number of aromatic nitrogens is 2. The lowest BCUT2D eigenvalue weighted by atomic mass is 9.98. The number of aromatic carboxylic acids is 1. The molecule has 1 aliphatic rings. The van der Waals surface area contributed by atoms with E-state index in [4.69, 9.17) is 4.74 Å². The van der Waals surface area contributed by atoms with Gasteiger partial charge in [0.25, 0.3) is 0 Å². The van der Waals surface area contributed by atoms with Gasteiger partial charge in [-0.15, -0.1) is 0 Å². The number of hydrogen-bond acceptors (Lipinski definition) is 3. The van der Waals surface area contributed by atoms with Gasteiger partial charge in [-0.05, 0) is 121 Å². The summed E-state index contributed by atoms with van der Waals surface area (Å²) in [4.78, 5) is 16.9. The number of carboxylic acid groups (broad SMARTS) is 1. The molecule has 2 heterocycles. The zero-order valence-electron chi connectivity index (χ0n) is 22.8. The molecule has 5 nitrogen and oxygen atoms in total. The normalized spacial score (nSPS) is 14.0. The first-order valence-corrected chi connectivity index (χ1v) is 14.0. The number of pyridine rings is 1. The molecule has 0 spiro atoms. The van der Waals surface area contributed by atoms with Crippen LogP contribution in [0.2, 0.25) is 0 Å². The predicted octanol–water partition coefficient (Wildman–Crippen LogP) is 8.52. The van der Waals surface area contributed by atoms with Crippen molar-refractivity contribution in [3.05, 3.63) is 114 Å². The van der Waals surface area contributed by atoms with E-state index in [2.05, 4.69) is 4.98 Å². The van der Waals surface area contributed by atoms with Gasteiger partial charge in [0, 0.05) is 23.5 Å². The van der Waals surface area contributed by atoms with Crippen LogP contribution >= 0.6 is 0 Å². The Morgan fingerprint density at radius 2 is 1.55 bits per heavy atom. The lowest BCUT2D eigenvalue weighted by molar-refractivity contribution is -0.137. The van der Waals surface area contributed by atoms with Crippen molar-refractivity contribution in [2.24, 2.45) is 0 Å². The molecule has 0 aliphatic heterocycles. The van der Waals surface area contributed by atoms with Crippen LogP contribution in [-0.2, 0) is 19.0 Å². The van der Waals surface area contributed by atoms with E-state index in [1.54, 1.807) is 17.0 Å². The molecule has 0 bridgehead atoms. The van der Waals surface area contributed by atoms with E-state index in [0.717, 1.165) is 54.5 Å². The van der Waals surface area contributed by atoms with Crippen LogP contribution in [0.4, 0.5) is 13.2 Å². The van der Waals surface area contributed by atoms with Gasteiger partial charge >= 0.3 is 12.1 Å². The molecule has 6 rings (SSSR count). The Balaban J connectivity index is 1.45. The van der Waals surface area contributed by atoms with Crippen LogP contribution in [0.15, 0.2) is 91.3 Å². The summed E-state index contributed by atoms with van der Waals surface area (Å²) in [6, 6.07) is 21.8. The molecule has 0 atom stereocenters. The zero-order valence-corrected chi connectivity index (χ0v) is 22.8. The van der Waals surface area contributed by atoms with E-state index in [1.165, 1.54) is 12.1 Å². The number of rotatable bonds is 8. The fraction of sp³-hybridized carbons (Fsp3) is 0.235. The average Bonchev–Trinajstić information content (AvgIpc) is 3.62. The lowest BCUT2D eigenvalue weighted by Gasteiger charge is -2.14. The summed E-state index contributed by atoms with van der Waals surface area (Å²) in [5.74, 6) is -0.306. The van der Waals surface area contributed by atoms with Crippen LogP contribution in [0.25, 0.3) is 27.7 Å². The topological polar surface area (TPSA) is 64.3 Å². The van der Waals surface area contributed by atoms with Gasteiger partial charge in [0.15, 0.2) is 0 Å². The highest BCUT2D eigenvalue weighted by molar-refractivity contribution is 6.01. The van der Waals surface area contributed by atoms with Crippen LogP contribution in [0.3, 0.4) is 0 Å². The van der Waals surface area contributed by atoms with Crippen LogP contribution in [-0.4, -0.2) is 26.7 Å². The molecule has 0 amide bonds. The van der Waals surface area contributed by atoms with E-state index in [9.17, 15) is 23.1 Å². The highest BCUT2D eigenvalue weighted by Crippen LogP contribution is 2.36. The van der Waals surface area contributed by atoms with Crippen molar-refractivity contribution >= 4 is 16.9 Å². The van der Waals surface area contributed by atoms with E-state index in [1.807, 2.05) is 54.6 Å². The molecule has 0 unspecified atom stereocenters. The third kappa shape index (κ3) is 5.62. The van der Waals surface area contributed by atoms with Gasteiger partial charge < -0.3 is 14.4 Å². The summed E-state index contributed by atoms with van der Waals surface area (Å²) in [6.45, 7) is 0. The molecule has 42 heavy (non-hydrogen) atoms. The third-order valence-corrected chi connectivity index (χ3v) is 7.93. The van der Waals surface area contributed by atoms with Gasteiger partial charge in [-0.25, -0.2) is 4.79 Å². The number of ether oxygens (including phenoxy) is 1. The summed E-state index contributed by atoms with van der Waals surface area (Å²) in [6.07, 6.45) is 4.64. The molecule has 5 aromatic rings. The van der Waals surface area contributed by atoms with Crippen LogP contribution in [0.5, 0.6) is 5.75 Å². The molecule has 3 aromatic carbocycles. The molecular weight excluding hydrogens is 541 g/mol. The van der Waals surface area contributed by atoms with Gasteiger partial charge in [-0.3, -0.25) is 4.98 Å². The highest BCUT2D eigenvalue weighted by Gasteiger charge is 2.30. The van der Waals surface area contributed by atoms with Crippen LogP contribution in [0.1, 0.15) is 52.9 Å². The molecular formula is C34H29F3N2O3. The maximum absolute atomic E-state index is 13.1. The summed E-state index contributed by atoms with van der Waals surface area (Å²) in [5, 5.41) is 11.2. The quantitative estimate of drug-likeness (QED) is 0.203. The van der Waals surface area contributed by atoms with Gasteiger partial charge in [0.05, 0.1) is 17.2 Å². The number of carbonyl (C=O) groups is 1.